The highest BCUT2D eigenvalue weighted by Crippen LogP contribution is 2.17. The van der Waals surface area contributed by atoms with Crippen LogP contribution in [-0.4, -0.2) is 24.4 Å². The lowest BCUT2D eigenvalue weighted by atomic mass is 10.1. The van der Waals surface area contributed by atoms with E-state index in [-0.39, 0.29) is 17.9 Å². The molecule has 0 aliphatic heterocycles. The summed E-state index contributed by atoms with van der Waals surface area (Å²) in [5.41, 5.74) is 7.26. The van der Waals surface area contributed by atoms with Gasteiger partial charge in [-0.1, -0.05) is 31.9 Å². The lowest BCUT2D eigenvalue weighted by molar-refractivity contribution is 0.0936. The maximum atomic E-state index is 12.6. The third-order valence-electron chi connectivity index (χ3n) is 3.73. The zero-order valence-corrected chi connectivity index (χ0v) is 14.6. The second-order valence-corrected chi connectivity index (χ2v) is 6.34. The predicted molar refractivity (Wildman–Crippen MR) is 98.5 cm³/mol. The highest BCUT2D eigenvalue weighted by atomic mass is 32.1. The van der Waals surface area contributed by atoms with E-state index >= 15 is 0 Å². The van der Waals surface area contributed by atoms with Crippen molar-refractivity contribution < 1.29 is 9.59 Å². The van der Waals surface area contributed by atoms with Gasteiger partial charge in [0.2, 0.25) is 0 Å². The van der Waals surface area contributed by atoms with Gasteiger partial charge in [-0.15, -0.1) is 0 Å². The molecule has 1 atom stereocenters. The lowest BCUT2D eigenvalue weighted by Gasteiger charge is -2.18. The zero-order chi connectivity index (χ0) is 17.4. The molecule has 2 aromatic rings. The van der Waals surface area contributed by atoms with Crippen molar-refractivity contribution in [3.8, 4) is 0 Å². The minimum atomic E-state index is -0.224. The van der Waals surface area contributed by atoms with Crippen LogP contribution in [0, 0.1) is 0 Å². The summed E-state index contributed by atoms with van der Waals surface area (Å²) in [7, 11) is 0. The van der Waals surface area contributed by atoms with Gasteiger partial charge in [0.1, 0.15) is 0 Å². The number of benzene rings is 1. The number of para-hydroxylation sites is 1. The highest BCUT2D eigenvalue weighted by molar-refractivity contribution is 7.08. The first-order chi connectivity index (χ1) is 11.7. The van der Waals surface area contributed by atoms with Crippen LogP contribution in [0.1, 0.15) is 46.9 Å². The molecule has 2 rings (SSSR count). The van der Waals surface area contributed by atoms with Gasteiger partial charge in [0, 0.05) is 18.0 Å². The van der Waals surface area contributed by atoms with Gasteiger partial charge in [-0.2, -0.15) is 11.3 Å². The second kappa shape index (κ2) is 9.20. The largest absolute Gasteiger partial charge is 0.348 e. The normalized spacial score (nSPS) is 11.8. The monoisotopic (exact) mass is 345 g/mol. The molecule has 6 heteroatoms. The molecule has 0 radical (unpaired) electrons. The molecule has 1 aromatic carbocycles. The van der Waals surface area contributed by atoms with Crippen LogP contribution in [0.4, 0.5) is 5.69 Å². The quantitative estimate of drug-likeness (QED) is 0.686. The number of carbonyl (C=O) groups excluding carboxylic acids is 2. The summed E-state index contributed by atoms with van der Waals surface area (Å²) in [5.74, 6) is -0.444. The molecule has 0 saturated heterocycles. The van der Waals surface area contributed by atoms with Gasteiger partial charge in [0.15, 0.2) is 0 Å². The Bertz CT molecular complexity index is 671. The standard InChI is InChI=1S/C18H23N3O2S/c1-2-3-6-14(11-19)20-18(23)15-7-4-5-8-16(15)21-17(22)13-9-10-24-12-13/h4-5,7-10,12,14H,2-3,6,11,19H2,1H3,(H,20,23)(H,21,22). The van der Waals surface area contributed by atoms with Crippen molar-refractivity contribution in [2.45, 2.75) is 32.2 Å². The molecule has 0 bridgehead atoms. The van der Waals surface area contributed by atoms with Crippen LogP contribution >= 0.6 is 11.3 Å². The number of carbonyl (C=O) groups is 2. The molecule has 4 N–H and O–H groups in total. The van der Waals surface area contributed by atoms with Crippen molar-refractivity contribution in [1.29, 1.82) is 0 Å². The van der Waals surface area contributed by atoms with E-state index in [0.717, 1.165) is 19.3 Å². The van der Waals surface area contributed by atoms with E-state index in [9.17, 15) is 9.59 Å². The Kier molecular flexibility index (Phi) is 6.96. The Hall–Kier alpha value is -2.18. The number of nitrogens with one attached hydrogen (secondary N) is 2. The smallest absolute Gasteiger partial charge is 0.256 e. The Morgan fingerprint density at radius 2 is 2.00 bits per heavy atom. The number of hydrogen-bond acceptors (Lipinski definition) is 4. The topological polar surface area (TPSA) is 84.2 Å². The molecule has 0 aliphatic carbocycles. The lowest BCUT2D eigenvalue weighted by Crippen LogP contribution is -2.40. The van der Waals surface area contributed by atoms with E-state index in [0.29, 0.717) is 23.4 Å². The first-order valence-electron chi connectivity index (χ1n) is 8.09. The predicted octanol–water partition coefficient (Wildman–Crippen LogP) is 3.25. The minimum absolute atomic E-state index is 0.0573. The Balaban J connectivity index is 2.09. The van der Waals surface area contributed by atoms with Gasteiger partial charge in [0.25, 0.3) is 11.8 Å². The van der Waals surface area contributed by atoms with Crippen LogP contribution in [0.5, 0.6) is 0 Å². The molecule has 1 heterocycles. The van der Waals surface area contributed by atoms with Crippen LogP contribution in [0.15, 0.2) is 41.1 Å². The van der Waals surface area contributed by atoms with Crippen molar-refractivity contribution in [3.05, 3.63) is 52.2 Å². The van der Waals surface area contributed by atoms with Gasteiger partial charge in [-0.05, 0) is 30.0 Å². The maximum Gasteiger partial charge on any atom is 0.256 e. The summed E-state index contributed by atoms with van der Waals surface area (Å²) < 4.78 is 0. The number of thiophene rings is 1. The van der Waals surface area contributed by atoms with Crippen molar-refractivity contribution in [3.63, 3.8) is 0 Å². The summed E-state index contributed by atoms with van der Waals surface area (Å²) in [6, 6.07) is 8.68. The molecule has 0 spiro atoms. The van der Waals surface area contributed by atoms with Crippen molar-refractivity contribution in [1.82, 2.24) is 5.32 Å². The molecule has 0 saturated carbocycles. The van der Waals surface area contributed by atoms with E-state index in [1.807, 2.05) is 5.38 Å². The maximum absolute atomic E-state index is 12.6. The SMILES string of the molecule is CCCCC(CN)NC(=O)c1ccccc1NC(=O)c1ccsc1. The number of nitrogens with two attached hydrogens (primary N) is 1. The minimum Gasteiger partial charge on any atom is -0.348 e. The van der Waals surface area contributed by atoms with Gasteiger partial charge < -0.3 is 16.4 Å². The fourth-order valence-electron chi connectivity index (χ4n) is 2.34. The average Bonchev–Trinajstić information content (AvgIpc) is 3.13. The molecular weight excluding hydrogens is 322 g/mol. The zero-order valence-electron chi connectivity index (χ0n) is 13.7. The Morgan fingerprint density at radius 1 is 1.21 bits per heavy atom. The van der Waals surface area contributed by atoms with Gasteiger partial charge in [-0.3, -0.25) is 9.59 Å². The van der Waals surface area contributed by atoms with Crippen LogP contribution < -0.4 is 16.4 Å². The summed E-state index contributed by atoms with van der Waals surface area (Å²) >= 11 is 1.45. The Labute approximate surface area is 146 Å². The number of hydrogen-bond donors (Lipinski definition) is 3. The molecule has 24 heavy (non-hydrogen) atoms. The fourth-order valence-corrected chi connectivity index (χ4v) is 2.98. The van der Waals surface area contributed by atoms with E-state index in [2.05, 4.69) is 17.6 Å². The van der Waals surface area contributed by atoms with Crippen molar-refractivity contribution >= 4 is 28.8 Å². The Morgan fingerprint density at radius 3 is 2.67 bits per heavy atom. The van der Waals surface area contributed by atoms with E-state index in [1.54, 1.807) is 35.7 Å². The van der Waals surface area contributed by atoms with E-state index in [4.69, 9.17) is 5.73 Å². The summed E-state index contributed by atoms with van der Waals surface area (Å²) in [5, 5.41) is 9.37. The molecule has 1 unspecified atom stereocenters. The first kappa shape index (κ1) is 18.2. The molecule has 128 valence electrons. The van der Waals surface area contributed by atoms with Crippen LogP contribution in [0.25, 0.3) is 0 Å². The van der Waals surface area contributed by atoms with Crippen molar-refractivity contribution in [2.75, 3.05) is 11.9 Å². The van der Waals surface area contributed by atoms with Crippen LogP contribution in [0.3, 0.4) is 0 Å². The van der Waals surface area contributed by atoms with Gasteiger partial charge >= 0.3 is 0 Å². The summed E-state index contributed by atoms with van der Waals surface area (Å²) in [6.45, 7) is 2.50. The molecule has 0 fully saturated rings. The van der Waals surface area contributed by atoms with Gasteiger partial charge in [0.05, 0.1) is 16.8 Å². The number of amides is 2. The second-order valence-electron chi connectivity index (χ2n) is 5.56. The van der Waals surface area contributed by atoms with Crippen LogP contribution in [0.2, 0.25) is 0 Å². The molecule has 5 nitrogen and oxygen atoms in total. The molecule has 0 aliphatic rings. The third kappa shape index (κ3) is 4.91. The van der Waals surface area contributed by atoms with Crippen molar-refractivity contribution in [2.24, 2.45) is 5.73 Å². The molecule has 1 aromatic heterocycles. The first-order valence-corrected chi connectivity index (χ1v) is 9.03. The molecule has 2 amide bonds. The van der Waals surface area contributed by atoms with Gasteiger partial charge in [-0.25, -0.2) is 0 Å². The van der Waals surface area contributed by atoms with E-state index in [1.165, 1.54) is 11.3 Å². The van der Waals surface area contributed by atoms with E-state index < -0.39 is 0 Å². The molecular formula is C18H23N3O2S. The number of unbranched alkanes of at least 4 members (excludes halogenated alkanes) is 1. The number of anilines is 1. The van der Waals surface area contributed by atoms with Crippen LogP contribution in [-0.2, 0) is 0 Å². The highest BCUT2D eigenvalue weighted by Gasteiger charge is 2.17. The average molecular weight is 345 g/mol. The number of rotatable bonds is 8. The summed E-state index contributed by atoms with van der Waals surface area (Å²) in [6.07, 6.45) is 2.92. The third-order valence-corrected chi connectivity index (χ3v) is 4.41. The summed E-state index contributed by atoms with van der Waals surface area (Å²) in [4.78, 5) is 24.8. The fraction of sp³-hybridized carbons (Fsp3) is 0.333.